The van der Waals surface area contributed by atoms with Crippen molar-refractivity contribution in [3.8, 4) is 0 Å². The minimum atomic E-state index is -0.344. The first-order chi connectivity index (χ1) is 9.26. The zero-order valence-electron chi connectivity index (χ0n) is 13.2. The van der Waals surface area contributed by atoms with Crippen LogP contribution in [-0.2, 0) is 14.3 Å². The molecule has 20 heavy (non-hydrogen) atoms. The van der Waals surface area contributed by atoms with Crippen LogP contribution in [0.2, 0.25) is 0 Å². The molecule has 112 valence electrons. The molecule has 3 rings (SSSR count). The average Bonchev–Trinajstić information content (AvgIpc) is 2.93. The van der Waals surface area contributed by atoms with Crippen LogP contribution in [0.25, 0.3) is 0 Å². The Balaban J connectivity index is 1.95. The molecule has 1 saturated heterocycles. The summed E-state index contributed by atoms with van der Waals surface area (Å²) in [5.74, 6) is 1.17. The van der Waals surface area contributed by atoms with E-state index in [2.05, 4.69) is 33.8 Å². The molecule has 2 aliphatic carbocycles. The number of allylic oxidation sites excluding steroid dienone is 1. The van der Waals surface area contributed by atoms with Gasteiger partial charge in [-0.3, -0.25) is 4.79 Å². The molecule has 0 radical (unpaired) electrons. The minimum absolute atomic E-state index is 0.0173. The van der Waals surface area contributed by atoms with Gasteiger partial charge in [-0.2, -0.15) is 0 Å². The van der Waals surface area contributed by atoms with Crippen molar-refractivity contribution in [2.24, 2.45) is 17.8 Å². The van der Waals surface area contributed by atoms with Crippen LogP contribution in [0.4, 0.5) is 0 Å². The summed E-state index contributed by atoms with van der Waals surface area (Å²) in [5, 5.41) is 0. The van der Waals surface area contributed by atoms with Gasteiger partial charge in [-0.25, -0.2) is 0 Å². The Hall–Kier alpha value is -0.830. The third-order valence-electron chi connectivity index (χ3n) is 5.75. The van der Waals surface area contributed by atoms with Crippen molar-refractivity contribution < 1.29 is 14.3 Å². The molecule has 3 nitrogen and oxygen atoms in total. The number of hydrogen-bond donors (Lipinski definition) is 0. The van der Waals surface area contributed by atoms with E-state index in [9.17, 15) is 4.79 Å². The second-order valence-electron chi connectivity index (χ2n) is 7.46. The maximum Gasteiger partial charge on any atom is 0.303 e. The number of carbonyl (C=O) groups is 1. The Morgan fingerprint density at radius 2 is 2.15 bits per heavy atom. The lowest BCUT2D eigenvalue weighted by molar-refractivity contribution is -0.165. The van der Waals surface area contributed by atoms with Crippen molar-refractivity contribution in [1.29, 1.82) is 0 Å². The molecular weight excluding hydrogens is 252 g/mol. The summed E-state index contributed by atoms with van der Waals surface area (Å²) in [6, 6.07) is 0. The first-order valence-electron chi connectivity index (χ1n) is 7.84. The molecule has 0 amide bonds. The van der Waals surface area contributed by atoms with E-state index >= 15 is 0 Å². The molecule has 0 aromatic rings. The molecule has 1 heterocycles. The number of carbonyl (C=O) groups excluding carboxylic acids is 1. The van der Waals surface area contributed by atoms with Crippen LogP contribution in [0, 0.1) is 17.8 Å². The SMILES string of the molecule is CC(=O)O[C@]1(C)CCC(C(C)C)=C[C@H]2[C@H]1C[C@H]1O[C@]12C. The lowest BCUT2D eigenvalue weighted by Crippen LogP contribution is -2.42. The van der Waals surface area contributed by atoms with Crippen LogP contribution >= 0.6 is 0 Å². The predicted molar refractivity (Wildman–Crippen MR) is 77.2 cm³/mol. The Labute approximate surface area is 121 Å². The molecule has 1 saturated carbocycles. The fourth-order valence-corrected chi connectivity index (χ4v) is 4.36. The van der Waals surface area contributed by atoms with Crippen LogP contribution in [0.3, 0.4) is 0 Å². The van der Waals surface area contributed by atoms with Crippen molar-refractivity contribution >= 4 is 5.97 Å². The van der Waals surface area contributed by atoms with Gasteiger partial charge in [0.05, 0.1) is 11.7 Å². The number of esters is 1. The van der Waals surface area contributed by atoms with E-state index in [-0.39, 0.29) is 17.2 Å². The highest BCUT2D eigenvalue weighted by atomic mass is 16.6. The van der Waals surface area contributed by atoms with E-state index in [0.717, 1.165) is 19.3 Å². The molecule has 0 bridgehead atoms. The molecule has 0 N–H and O–H groups in total. The largest absolute Gasteiger partial charge is 0.459 e. The zero-order chi connectivity index (χ0) is 14.7. The normalized spacial score (nSPS) is 46.3. The maximum absolute atomic E-state index is 11.5. The van der Waals surface area contributed by atoms with E-state index in [1.54, 1.807) is 0 Å². The van der Waals surface area contributed by atoms with E-state index in [1.165, 1.54) is 12.5 Å². The summed E-state index contributed by atoms with van der Waals surface area (Å²) in [7, 11) is 0. The highest BCUT2D eigenvalue weighted by Crippen LogP contribution is 2.61. The van der Waals surface area contributed by atoms with Gasteiger partial charge < -0.3 is 9.47 Å². The van der Waals surface area contributed by atoms with Gasteiger partial charge >= 0.3 is 5.97 Å². The number of epoxide rings is 1. The first-order valence-corrected chi connectivity index (χ1v) is 7.84. The second-order valence-corrected chi connectivity index (χ2v) is 7.46. The lowest BCUT2D eigenvalue weighted by atomic mass is 9.77. The Kier molecular flexibility index (Phi) is 3.06. The van der Waals surface area contributed by atoms with Gasteiger partial charge in [0, 0.05) is 18.8 Å². The van der Waals surface area contributed by atoms with Crippen LogP contribution in [0.1, 0.15) is 53.9 Å². The molecule has 0 aromatic heterocycles. The van der Waals surface area contributed by atoms with Crippen LogP contribution in [0.5, 0.6) is 0 Å². The molecule has 0 aromatic carbocycles. The Morgan fingerprint density at radius 3 is 2.75 bits per heavy atom. The van der Waals surface area contributed by atoms with Crippen LogP contribution < -0.4 is 0 Å². The number of rotatable bonds is 2. The third-order valence-corrected chi connectivity index (χ3v) is 5.75. The molecular formula is C17H26O3. The first kappa shape index (κ1) is 14.1. The van der Waals surface area contributed by atoms with Crippen molar-refractivity contribution in [3.05, 3.63) is 11.6 Å². The molecule has 0 unspecified atom stereocenters. The quantitative estimate of drug-likeness (QED) is 0.441. The maximum atomic E-state index is 11.5. The average molecular weight is 278 g/mol. The monoisotopic (exact) mass is 278 g/mol. The minimum Gasteiger partial charge on any atom is -0.459 e. The third kappa shape index (κ3) is 2.02. The van der Waals surface area contributed by atoms with Gasteiger partial charge in [-0.1, -0.05) is 25.5 Å². The fourth-order valence-electron chi connectivity index (χ4n) is 4.36. The molecule has 1 aliphatic heterocycles. The van der Waals surface area contributed by atoms with Crippen LogP contribution in [0.15, 0.2) is 11.6 Å². The van der Waals surface area contributed by atoms with Crippen molar-refractivity contribution in [3.63, 3.8) is 0 Å². The zero-order valence-corrected chi connectivity index (χ0v) is 13.2. The van der Waals surface area contributed by atoms with E-state index in [1.807, 2.05) is 0 Å². The Morgan fingerprint density at radius 1 is 1.45 bits per heavy atom. The fraction of sp³-hybridized carbons (Fsp3) is 0.824. The molecule has 5 atom stereocenters. The topological polar surface area (TPSA) is 38.8 Å². The highest BCUT2D eigenvalue weighted by molar-refractivity contribution is 5.66. The van der Waals surface area contributed by atoms with Gasteiger partial charge in [0.15, 0.2) is 0 Å². The van der Waals surface area contributed by atoms with Gasteiger partial charge in [-0.05, 0) is 39.0 Å². The van der Waals surface area contributed by atoms with Crippen molar-refractivity contribution in [2.75, 3.05) is 0 Å². The van der Waals surface area contributed by atoms with Crippen molar-refractivity contribution in [1.82, 2.24) is 0 Å². The molecule has 0 spiro atoms. The van der Waals surface area contributed by atoms with Gasteiger partial charge in [-0.15, -0.1) is 0 Å². The van der Waals surface area contributed by atoms with E-state index < -0.39 is 0 Å². The summed E-state index contributed by atoms with van der Waals surface area (Å²) in [4.78, 5) is 11.5. The van der Waals surface area contributed by atoms with E-state index in [0.29, 0.717) is 23.9 Å². The standard InChI is InChI=1S/C17H26O3/c1-10(2)12-6-7-16(4,19-11(3)18)13-9-15-17(5,20-15)14(13)8-12/h8,10,13-15H,6-7,9H2,1-5H3/t13-,14+,15-,16-,17+/m1/s1. The predicted octanol–water partition coefficient (Wildman–Crippen LogP) is 3.48. The van der Waals surface area contributed by atoms with Gasteiger partial charge in [0.1, 0.15) is 5.60 Å². The number of ether oxygens (including phenoxy) is 2. The van der Waals surface area contributed by atoms with Crippen molar-refractivity contribution in [2.45, 2.75) is 71.2 Å². The molecule has 3 aliphatic rings. The number of hydrogen-bond acceptors (Lipinski definition) is 3. The summed E-state index contributed by atoms with van der Waals surface area (Å²) in [6.45, 7) is 10.4. The highest BCUT2D eigenvalue weighted by Gasteiger charge is 2.68. The summed E-state index contributed by atoms with van der Waals surface area (Å²) in [6.07, 6.45) is 5.77. The van der Waals surface area contributed by atoms with Gasteiger partial charge in [0.25, 0.3) is 0 Å². The smallest absolute Gasteiger partial charge is 0.303 e. The molecule has 2 fully saturated rings. The molecule has 3 heteroatoms. The second kappa shape index (κ2) is 4.33. The summed E-state index contributed by atoms with van der Waals surface area (Å²) < 4.78 is 11.7. The summed E-state index contributed by atoms with van der Waals surface area (Å²) >= 11 is 0. The Bertz CT molecular complexity index is 467. The summed E-state index contributed by atoms with van der Waals surface area (Å²) in [5.41, 5.74) is 1.13. The van der Waals surface area contributed by atoms with E-state index in [4.69, 9.17) is 9.47 Å². The lowest BCUT2D eigenvalue weighted by Gasteiger charge is -2.38. The number of fused-ring (bicyclic) bond motifs is 3. The van der Waals surface area contributed by atoms with Gasteiger partial charge in [0.2, 0.25) is 0 Å². The van der Waals surface area contributed by atoms with Crippen LogP contribution in [-0.4, -0.2) is 23.3 Å².